The van der Waals surface area contributed by atoms with Crippen LogP contribution in [0, 0.1) is 0 Å². The first-order valence-electron chi connectivity index (χ1n) is 11.8. The molecule has 1 unspecified atom stereocenters. The predicted octanol–water partition coefficient (Wildman–Crippen LogP) is 5.26. The summed E-state index contributed by atoms with van der Waals surface area (Å²) in [5, 5.41) is 2.90. The van der Waals surface area contributed by atoms with E-state index in [1.165, 1.54) is 44.9 Å². The van der Waals surface area contributed by atoms with Gasteiger partial charge in [0.2, 0.25) is 11.4 Å². The van der Waals surface area contributed by atoms with Crippen molar-refractivity contribution in [3.8, 4) is 0 Å². The number of nitrogens with one attached hydrogen (secondary N) is 1. The lowest BCUT2D eigenvalue weighted by Gasteiger charge is -2.44. The second-order valence-corrected chi connectivity index (χ2v) is 9.04. The van der Waals surface area contributed by atoms with E-state index in [0.29, 0.717) is 12.8 Å². The van der Waals surface area contributed by atoms with Gasteiger partial charge in [-0.3, -0.25) is 19.8 Å². The van der Waals surface area contributed by atoms with E-state index in [1.807, 2.05) is 51.4 Å². The topological polar surface area (TPSA) is 72.2 Å². The molecule has 0 spiro atoms. The molecule has 0 bridgehead atoms. The van der Waals surface area contributed by atoms with Gasteiger partial charge < -0.3 is 5.32 Å². The molecule has 0 aromatic heterocycles. The summed E-state index contributed by atoms with van der Waals surface area (Å²) in [4.78, 5) is 25.6. The number of quaternary nitrogens is 1. The van der Waals surface area contributed by atoms with Crippen LogP contribution in [0.1, 0.15) is 84.5 Å². The summed E-state index contributed by atoms with van der Waals surface area (Å²) < 4.78 is 0.151. The van der Waals surface area contributed by atoms with Crippen LogP contribution in [-0.4, -0.2) is 42.5 Å². The Morgan fingerprint density at radius 2 is 1.43 bits per heavy atom. The zero-order valence-corrected chi connectivity index (χ0v) is 19.7. The molecule has 5 heteroatoms. The molecule has 1 aromatic carbocycles. The Morgan fingerprint density at radius 1 is 0.900 bits per heavy atom. The van der Waals surface area contributed by atoms with Gasteiger partial charge in [-0.15, -0.1) is 0 Å². The molecule has 0 aliphatic heterocycles. The lowest BCUT2D eigenvalue weighted by molar-refractivity contribution is -0.924. The summed E-state index contributed by atoms with van der Waals surface area (Å²) in [6.45, 7) is 4.33. The van der Waals surface area contributed by atoms with Gasteiger partial charge in [-0.05, 0) is 18.6 Å². The zero-order valence-electron chi connectivity index (χ0n) is 19.7. The summed E-state index contributed by atoms with van der Waals surface area (Å²) in [6.07, 6.45) is 12.0. The lowest BCUT2D eigenvalue weighted by Crippen LogP contribution is -2.70. The Balaban J connectivity index is 2.46. The SMILES string of the molecule is CCCCCCCCCCCC(=O)C(N)(CC)[N+](C)(C)CC(=O)Nc1ccccc1. The molecular formula is C25H44N3O2+. The molecule has 3 N–H and O–H groups in total. The molecular weight excluding hydrogens is 374 g/mol. The highest BCUT2D eigenvalue weighted by molar-refractivity contribution is 5.92. The first-order valence-corrected chi connectivity index (χ1v) is 11.8. The van der Waals surface area contributed by atoms with E-state index in [4.69, 9.17) is 5.73 Å². The maximum atomic E-state index is 13.0. The van der Waals surface area contributed by atoms with E-state index in [1.54, 1.807) is 0 Å². The third kappa shape index (κ3) is 8.57. The quantitative estimate of drug-likeness (QED) is 0.219. The van der Waals surface area contributed by atoms with Gasteiger partial charge in [-0.25, -0.2) is 0 Å². The van der Waals surface area contributed by atoms with Crippen LogP contribution in [-0.2, 0) is 9.59 Å². The molecule has 0 saturated carbocycles. The number of ketones is 1. The number of benzene rings is 1. The first-order chi connectivity index (χ1) is 14.3. The Bertz CT molecular complexity index is 631. The molecule has 1 amide bonds. The van der Waals surface area contributed by atoms with Crippen LogP contribution in [0.5, 0.6) is 0 Å². The summed E-state index contributed by atoms with van der Waals surface area (Å²) in [6, 6.07) is 9.36. The summed E-state index contributed by atoms with van der Waals surface area (Å²) >= 11 is 0. The third-order valence-corrected chi connectivity index (χ3v) is 6.21. The maximum absolute atomic E-state index is 13.0. The molecule has 0 heterocycles. The van der Waals surface area contributed by atoms with Gasteiger partial charge in [-0.1, -0.05) is 83.4 Å². The number of nitrogens with zero attached hydrogens (tertiary/aromatic N) is 1. The predicted molar refractivity (Wildman–Crippen MR) is 126 cm³/mol. The van der Waals surface area contributed by atoms with E-state index in [2.05, 4.69) is 12.2 Å². The number of amides is 1. The largest absolute Gasteiger partial charge is 0.321 e. The second kappa shape index (κ2) is 13.6. The average molecular weight is 419 g/mol. The second-order valence-electron chi connectivity index (χ2n) is 9.04. The van der Waals surface area contributed by atoms with E-state index >= 15 is 0 Å². The van der Waals surface area contributed by atoms with Gasteiger partial charge in [-0.2, -0.15) is 0 Å². The number of anilines is 1. The van der Waals surface area contributed by atoms with E-state index < -0.39 is 5.66 Å². The van der Waals surface area contributed by atoms with Crippen LogP contribution >= 0.6 is 0 Å². The van der Waals surface area contributed by atoms with Crippen molar-refractivity contribution in [3.63, 3.8) is 0 Å². The van der Waals surface area contributed by atoms with Crippen LogP contribution in [0.2, 0.25) is 0 Å². The Labute approximate surface area is 184 Å². The van der Waals surface area contributed by atoms with Crippen LogP contribution in [0.4, 0.5) is 5.69 Å². The van der Waals surface area contributed by atoms with Crippen molar-refractivity contribution >= 4 is 17.4 Å². The van der Waals surface area contributed by atoms with Gasteiger partial charge in [0.15, 0.2) is 6.54 Å². The number of Topliss-reactive ketones (excluding diaryl/α,β-unsaturated/α-hetero) is 1. The molecule has 0 aliphatic carbocycles. The summed E-state index contributed by atoms with van der Waals surface area (Å²) in [7, 11) is 3.75. The highest BCUT2D eigenvalue weighted by Crippen LogP contribution is 2.24. The standard InChI is InChI=1S/C25H43N3O2/c1-5-7-8-9-10-11-12-13-17-20-23(29)25(26,6-2)28(3,4)21-24(30)27-22-18-15-14-16-19-22/h14-16,18-19H,5-13,17,20-21,26H2,1-4H3/p+1. The van der Waals surface area contributed by atoms with Gasteiger partial charge in [0.05, 0.1) is 14.1 Å². The molecule has 0 radical (unpaired) electrons. The number of hydrogen-bond donors (Lipinski definition) is 2. The molecule has 0 saturated heterocycles. The number of likely N-dealkylation sites (N-methyl/N-ethyl adjacent to an activating group) is 1. The fourth-order valence-electron chi connectivity index (χ4n) is 4.00. The van der Waals surface area contributed by atoms with E-state index in [-0.39, 0.29) is 22.7 Å². The monoisotopic (exact) mass is 418 g/mol. The van der Waals surface area contributed by atoms with Crippen molar-refractivity contribution < 1.29 is 14.1 Å². The molecule has 1 rings (SSSR count). The van der Waals surface area contributed by atoms with Gasteiger partial charge >= 0.3 is 0 Å². The molecule has 0 aliphatic rings. The first kappa shape index (κ1) is 26.3. The van der Waals surface area contributed by atoms with E-state index in [9.17, 15) is 9.59 Å². The van der Waals surface area contributed by atoms with Crippen molar-refractivity contribution in [1.29, 1.82) is 0 Å². The molecule has 30 heavy (non-hydrogen) atoms. The maximum Gasteiger partial charge on any atom is 0.279 e. The molecule has 0 fully saturated rings. The van der Waals surface area contributed by atoms with Gasteiger partial charge in [0.25, 0.3) is 5.91 Å². The molecule has 1 atom stereocenters. The minimum Gasteiger partial charge on any atom is -0.321 e. The average Bonchev–Trinajstić information content (AvgIpc) is 2.71. The molecule has 5 nitrogen and oxygen atoms in total. The van der Waals surface area contributed by atoms with Crippen molar-refractivity contribution in [2.75, 3.05) is 26.0 Å². The van der Waals surface area contributed by atoms with Crippen molar-refractivity contribution in [3.05, 3.63) is 30.3 Å². The van der Waals surface area contributed by atoms with Crippen molar-refractivity contribution in [1.82, 2.24) is 0 Å². The number of carbonyl (C=O) groups is 2. The van der Waals surface area contributed by atoms with Crippen LogP contribution in [0.15, 0.2) is 30.3 Å². The van der Waals surface area contributed by atoms with Crippen LogP contribution in [0.3, 0.4) is 0 Å². The lowest BCUT2D eigenvalue weighted by atomic mass is 9.93. The highest BCUT2D eigenvalue weighted by atomic mass is 16.2. The molecule has 170 valence electrons. The summed E-state index contributed by atoms with van der Waals surface area (Å²) in [5.74, 6) is -0.0733. The van der Waals surface area contributed by atoms with Crippen LogP contribution in [0.25, 0.3) is 0 Å². The number of rotatable bonds is 16. The van der Waals surface area contributed by atoms with Crippen LogP contribution < -0.4 is 11.1 Å². The van der Waals surface area contributed by atoms with E-state index in [0.717, 1.165) is 18.5 Å². The van der Waals surface area contributed by atoms with Gasteiger partial charge in [0, 0.05) is 18.5 Å². The smallest absolute Gasteiger partial charge is 0.279 e. The number of nitrogens with two attached hydrogens (primary N) is 1. The number of para-hydroxylation sites is 1. The van der Waals surface area contributed by atoms with Crippen molar-refractivity contribution in [2.24, 2.45) is 5.73 Å². The molecule has 1 aromatic rings. The zero-order chi connectivity index (χ0) is 22.5. The minimum atomic E-state index is -1.05. The minimum absolute atomic E-state index is 0.0606. The van der Waals surface area contributed by atoms with Crippen molar-refractivity contribution in [2.45, 2.75) is 90.1 Å². The highest BCUT2D eigenvalue weighted by Gasteiger charge is 2.47. The number of hydrogen-bond acceptors (Lipinski definition) is 3. The Hall–Kier alpha value is -1.72. The fourth-order valence-corrected chi connectivity index (χ4v) is 4.00. The Kier molecular flexibility index (Phi) is 11.9. The fraction of sp³-hybridized carbons (Fsp3) is 0.680. The number of unbranched alkanes of at least 4 members (excludes halogenated alkanes) is 8. The van der Waals surface area contributed by atoms with Gasteiger partial charge in [0.1, 0.15) is 0 Å². The normalized spacial score (nSPS) is 13.6. The number of carbonyl (C=O) groups excluding carboxylic acids is 2. The Morgan fingerprint density at radius 3 is 1.97 bits per heavy atom. The third-order valence-electron chi connectivity index (χ3n) is 6.21. The summed E-state index contributed by atoms with van der Waals surface area (Å²) in [5.41, 5.74) is 6.32.